The molecule has 0 aromatic rings. The highest BCUT2D eigenvalue weighted by atomic mass is 16.7. The van der Waals surface area contributed by atoms with Crippen LogP contribution in [0.5, 0.6) is 0 Å². The van der Waals surface area contributed by atoms with Crippen LogP contribution in [-0.4, -0.2) is 42.3 Å². The molecule has 0 saturated carbocycles. The SMILES string of the molecule is CCCCCCCCCCOC(=O)OCC(O)CO. The van der Waals surface area contributed by atoms with Gasteiger partial charge in [0.15, 0.2) is 0 Å². The van der Waals surface area contributed by atoms with Crippen LogP contribution in [0.25, 0.3) is 0 Å². The third-order valence-corrected chi connectivity index (χ3v) is 2.82. The summed E-state index contributed by atoms with van der Waals surface area (Å²) in [4.78, 5) is 11.0. The van der Waals surface area contributed by atoms with Gasteiger partial charge in [-0.3, -0.25) is 0 Å². The van der Waals surface area contributed by atoms with Crippen LogP contribution < -0.4 is 0 Å². The maximum absolute atomic E-state index is 11.0. The number of aliphatic hydroxyl groups is 2. The first kappa shape index (κ1) is 18.2. The summed E-state index contributed by atoms with van der Waals surface area (Å²) in [6.45, 7) is 1.90. The van der Waals surface area contributed by atoms with E-state index in [0.717, 1.165) is 12.8 Å². The predicted octanol–water partition coefficient (Wildman–Crippen LogP) is 2.63. The van der Waals surface area contributed by atoms with Crippen LogP contribution in [0.4, 0.5) is 4.79 Å². The second-order valence-corrected chi connectivity index (χ2v) is 4.72. The van der Waals surface area contributed by atoms with Gasteiger partial charge in [-0.05, 0) is 6.42 Å². The van der Waals surface area contributed by atoms with Gasteiger partial charge in [0.05, 0.1) is 13.2 Å². The molecule has 5 nitrogen and oxygen atoms in total. The van der Waals surface area contributed by atoms with Crippen LogP contribution >= 0.6 is 0 Å². The van der Waals surface area contributed by atoms with Gasteiger partial charge in [0.25, 0.3) is 0 Å². The highest BCUT2D eigenvalue weighted by molar-refractivity contribution is 5.59. The summed E-state index contributed by atoms with van der Waals surface area (Å²) in [5, 5.41) is 17.5. The lowest BCUT2D eigenvalue weighted by Crippen LogP contribution is -2.22. The number of carbonyl (C=O) groups excluding carboxylic acids is 1. The van der Waals surface area contributed by atoms with Crippen molar-refractivity contribution < 1.29 is 24.5 Å². The fourth-order valence-corrected chi connectivity index (χ4v) is 1.65. The number of ether oxygens (including phenoxy) is 2. The minimum atomic E-state index is -1.03. The average molecular weight is 276 g/mol. The highest BCUT2D eigenvalue weighted by Gasteiger charge is 2.08. The lowest BCUT2D eigenvalue weighted by Gasteiger charge is -2.08. The monoisotopic (exact) mass is 276 g/mol. The molecular weight excluding hydrogens is 248 g/mol. The molecule has 0 fully saturated rings. The highest BCUT2D eigenvalue weighted by Crippen LogP contribution is 2.08. The Labute approximate surface area is 115 Å². The van der Waals surface area contributed by atoms with Gasteiger partial charge in [-0.1, -0.05) is 51.9 Å². The van der Waals surface area contributed by atoms with E-state index in [4.69, 9.17) is 14.9 Å². The summed E-state index contributed by atoms with van der Waals surface area (Å²) in [6, 6.07) is 0. The predicted molar refractivity (Wildman–Crippen MR) is 73.0 cm³/mol. The molecule has 1 unspecified atom stereocenters. The summed E-state index contributed by atoms with van der Waals surface area (Å²) in [5.41, 5.74) is 0. The number of hydrogen-bond acceptors (Lipinski definition) is 5. The fourth-order valence-electron chi connectivity index (χ4n) is 1.65. The van der Waals surface area contributed by atoms with Gasteiger partial charge in [0.2, 0.25) is 0 Å². The Balaban J connectivity index is 3.18. The van der Waals surface area contributed by atoms with Gasteiger partial charge >= 0.3 is 6.16 Å². The Morgan fingerprint density at radius 3 is 2.16 bits per heavy atom. The number of rotatable bonds is 12. The van der Waals surface area contributed by atoms with E-state index in [1.54, 1.807) is 0 Å². The fraction of sp³-hybridized carbons (Fsp3) is 0.929. The van der Waals surface area contributed by atoms with Crippen molar-refractivity contribution in [2.45, 2.75) is 64.4 Å². The summed E-state index contributed by atoms with van der Waals surface area (Å²) in [7, 11) is 0. The van der Waals surface area contributed by atoms with Gasteiger partial charge in [0.1, 0.15) is 12.7 Å². The largest absolute Gasteiger partial charge is 0.508 e. The van der Waals surface area contributed by atoms with Crippen LogP contribution in [0.3, 0.4) is 0 Å². The van der Waals surface area contributed by atoms with Crippen LogP contribution in [0.2, 0.25) is 0 Å². The first-order chi connectivity index (χ1) is 9.20. The van der Waals surface area contributed by atoms with Crippen LogP contribution in [0.1, 0.15) is 58.3 Å². The molecule has 0 heterocycles. The maximum atomic E-state index is 11.0. The molecule has 0 amide bonds. The normalized spacial score (nSPS) is 12.2. The summed E-state index contributed by atoms with van der Waals surface area (Å²) >= 11 is 0. The second kappa shape index (κ2) is 13.6. The molecule has 0 rings (SSSR count). The molecule has 0 spiro atoms. The molecule has 114 valence electrons. The van der Waals surface area contributed by atoms with Gasteiger partial charge in [-0.15, -0.1) is 0 Å². The molecule has 0 aromatic carbocycles. The Morgan fingerprint density at radius 1 is 1.00 bits per heavy atom. The third kappa shape index (κ3) is 13.4. The van der Waals surface area contributed by atoms with Crippen molar-refractivity contribution >= 4 is 6.16 Å². The lowest BCUT2D eigenvalue weighted by molar-refractivity contribution is 0.000383. The Bertz CT molecular complexity index is 208. The van der Waals surface area contributed by atoms with Crippen molar-refractivity contribution in [2.24, 2.45) is 0 Å². The summed E-state index contributed by atoms with van der Waals surface area (Å²) in [5.74, 6) is 0. The first-order valence-corrected chi connectivity index (χ1v) is 7.29. The van der Waals surface area contributed by atoms with Crippen molar-refractivity contribution in [1.82, 2.24) is 0 Å². The van der Waals surface area contributed by atoms with E-state index >= 15 is 0 Å². The maximum Gasteiger partial charge on any atom is 0.508 e. The van der Waals surface area contributed by atoms with Gasteiger partial charge in [-0.2, -0.15) is 0 Å². The molecule has 2 N–H and O–H groups in total. The van der Waals surface area contributed by atoms with E-state index < -0.39 is 18.9 Å². The molecule has 0 aromatic heterocycles. The van der Waals surface area contributed by atoms with E-state index in [1.807, 2.05) is 0 Å². The summed E-state index contributed by atoms with van der Waals surface area (Å²) < 4.78 is 9.42. The van der Waals surface area contributed by atoms with Crippen LogP contribution in [0.15, 0.2) is 0 Å². The molecular formula is C14H28O5. The van der Waals surface area contributed by atoms with E-state index in [2.05, 4.69) is 11.7 Å². The minimum absolute atomic E-state index is 0.229. The van der Waals surface area contributed by atoms with Crippen LogP contribution in [0, 0.1) is 0 Å². The van der Waals surface area contributed by atoms with Crippen molar-refractivity contribution in [1.29, 1.82) is 0 Å². The van der Waals surface area contributed by atoms with Gasteiger partial charge in [0, 0.05) is 0 Å². The molecule has 5 heteroatoms. The van der Waals surface area contributed by atoms with E-state index in [1.165, 1.54) is 38.5 Å². The van der Waals surface area contributed by atoms with E-state index in [-0.39, 0.29) is 6.61 Å². The minimum Gasteiger partial charge on any atom is -0.434 e. The molecule has 1 atom stereocenters. The molecule has 0 radical (unpaired) electrons. The number of hydrogen-bond donors (Lipinski definition) is 2. The van der Waals surface area contributed by atoms with Gasteiger partial charge < -0.3 is 19.7 Å². The quantitative estimate of drug-likeness (QED) is 0.423. The van der Waals surface area contributed by atoms with Gasteiger partial charge in [-0.25, -0.2) is 4.79 Å². The topological polar surface area (TPSA) is 76.0 Å². The number of carbonyl (C=O) groups is 1. The standard InChI is InChI=1S/C14H28O5/c1-2-3-4-5-6-7-8-9-10-18-14(17)19-12-13(16)11-15/h13,15-16H,2-12H2,1H3. The third-order valence-electron chi connectivity index (χ3n) is 2.82. The molecule has 0 aliphatic rings. The zero-order valence-electron chi connectivity index (χ0n) is 12.0. The Kier molecular flexibility index (Phi) is 13.0. The average Bonchev–Trinajstić information content (AvgIpc) is 2.42. The zero-order valence-corrected chi connectivity index (χ0v) is 12.0. The molecule has 0 bridgehead atoms. The Hall–Kier alpha value is -0.810. The molecule has 0 aliphatic carbocycles. The number of unbranched alkanes of at least 4 members (excludes halogenated alkanes) is 7. The van der Waals surface area contributed by atoms with Crippen molar-refractivity contribution in [3.63, 3.8) is 0 Å². The van der Waals surface area contributed by atoms with E-state index in [0.29, 0.717) is 6.61 Å². The van der Waals surface area contributed by atoms with Crippen LogP contribution in [-0.2, 0) is 9.47 Å². The Morgan fingerprint density at radius 2 is 1.58 bits per heavy atom. The smallest absolute Gasteiger partial charge is 0.434 e. The molecule has 0 aliphatic heterocycles. The molecule has 19 heavy (non-hydrogen) atoms. The van der Waals surface area contributed by atoms with Crippen molar-refractivity contribution in [2.75, 3.05) is 19.8 Å². The molecule has 0 saturated heterocycles. The van der Waals surface area contributed by atoms with Crippen molar-refractivity contribution in [3.8, 4) is 0 Å². The first-order valence-electron chi connectivity index (χ1n) is 7.29. The van der Waals surface area contributed by atoms with E-state index in [9.17, 15) is 4.79 Å². The zero-order chi connectivity index (χ0) is 14.3. The lowest BCUT2D eigenvalue weighted by atomic mass is 10.1. The second-order valence-electron chi connectivity index (χ2n) is 4.72. The number of aliphatic hydroxyl groups excluding tert-OH is 2. The summed E-state index contributed by atoms with van der Waals surface area (Å²) in [6.07, 6.45) is 7.67. The van der Waals surface area contributed by atoms with Crippen molar-refractivity contribution in [3.05, 3.63) is 0 Å².